The summed E-state index contributed by atoms with van der Waals surface area (Å²) in [5.74, 6) is 0. The van der Waals surface area contributed by atoms with Crippen molar-refractivity contribution >= 4 is 0 Å². The molecule has 1 fully saturated rings. The first kappa shape index (κ1) is 3.05. The first-order valence-electron chi connectivity index (χ1n) is 1.17. The van der Waals surface area contributed by atoms with Crippen molar-refractivity contribution in [2.75, 3.05) is 0 Å². The molecule has 0 amide bonds. The van der Waals surface area contributed by atoms with Crippen LogP contribution in [0.15, 0.2) is 0 Å². The maximum absolute atomic E-state index is 8.08. The maximum atomic E-state index is 8.08. The summed E-state index contributed by atoms with van der Waals surface area (Å²) in [5.41, 5.74) is 6.69. The summed E-state index contributed by atoms with van der Waals surface area (Å²) < 4.78 is 0. The van der Waals surface area contributed by atoms with Gasteiger partial charge >= 0.3 is 6.03 Å². The molecule has 1 aliphatic rings. The first-order valence-corrected chi connectivity index (χ1v) is 1.17. The smallest absolute Gasteiger partial charge is 0.325 e. The average molecular weight is 76.1 g/mol. The third kappa shape index (κ3) is 0.555. The average Bonchev–Trinajstić information content (AvgIpc) is 1.76. The van der Waals surface area contributed by atoms with Gasteiger partial charge in [0, 0.05) is 0 Å². The third-order valence-corrected chi connectivity index (χ3v) is 0.311. The lowest BCUT2D eigenvalue weighted by Crippen LogP contribution is -2.25. The SMILES string of the molecule is NC1(O)NO1. The zero-order chi connectivity index (χ0) is 3.91. The van der Waals surface area contributed by atoms with Gasteiger partial charge in [0.25, 0.3) is 0 Å². The van der Waals surface area contributed by atoms with Crippen molar-refractivity contribution in [3.8, 4) is 0 Å². The molecule has 0 aliphatic carbocycles. The van der Waals surface area contributed by atoms with Gasteiger partial charge in [-0.1, -0.05) is 0 Å². The first-order chi connectivity index (χ1) is 2.21. The van der Waals surface area contributed by atoms with Gasteiger partial charge in [-0.05, 0) is 0 Å². The van der Waals surface area contributed by atoms with Gasteiger partial charge in [-0.3, -0.25) is 5.73 Å². The van der Waals surface area contributed by atoms with E-state index in [1.807, 2.05) is 5.48 Å². The van der Waals surface area contributed by atoms with Crippen molar-refractivity contribution in [1.29, 1.82) is 0 Å². The second-order valence-corrected chi connectivity index (χ2v) is 0.901. The van der Waals surface area contributed by atoms with Crippen molar-refractivity contribution in [3.05, 3.63) is 0 Å². The zero-order valence-electron chi connectivity index (χ0n) is 2.43. The molecule has 1 aliphatic heterocycles. The topological polar surface area (TPSA) is 80.7 Å². The van der Waals surface area contributed by atoms with Crippen molar-refractivity contribution in [3.63, 3.8) is 0 Å². The standard InChI is InChI=1S/CH4N2O2/c2-1(4)3-5-1/h3-4H,2H2. The molecule has 1 saturated heterocycles. The van der Waals surface area contributed by atoms with Crippen LogP contribution in [0.25, 0.3) is 0 Å². The Morgan fingerprint density at radius 1 is 2.00 bits per heavy atom. The van der Waals surface area contributed by atoms with Crippen LogP contribution in [0.5, 0.6) is 0 Å². The number of rotatable bonds is 0. The van der Waals surface area contributed by atoms with E-state index < -0.39 is 6.03 Å². The van der Waals surface area contributed by atoms with E-state index in [4.69, 9.17) is 5.11 Å². The van der Waals surface area contributed by atoms with Crippen LogP contribution in [0, 0.1) is 0 Å². The van der Waals surface area contributed by atoms with Crippen molar-refractivity contribution < 1.29 is 9.94 Å². The highest BCUT2D eigenvalue weighted by molar-refractivity contribution is 4.53. The Labute approximate surface area is 28.5 Å². The molecular weight excluding hydrogens is 72.0 g/mol. The van der Waals surface area contributed by atoms with Crippen LogP contribution in [0.2, 0.25) is 0 Å². The van der Waals surface area contributed by atoms with Crippen LogP contribution in [0.4, 0.5) is 0 Å². The summed E-state index contributed by atoms with van der Waals surface area (Å²) in [6.45, 7) is 0. The highest BCUT2D eigenvalue weighted by atomic mass is 16.9. The van der Waals surface area contributed by atoms with E-state index in [0.29, 0.717) is 0 Å². The molecule has 0 bridgehead atoms. The Morgan fingerprint density at radius 3 is 2.20 bits per heavy atom. The molecule has 0 aromatic heterocycles. The Kier molecular flexibility index (Phi) is 0.307. The van der Waals surface area contributed by atoms with Gasteiger partial charge in [0.1, 0.15) is 0 Å². The number of nitrogens with one attached hydrogen (secondary N) is 1. The summed E-state index contributed by atoms with van der Waals surface area (Å²) in [7, 11) is 0. The predicted octanol–water partition coefficient (Wildman–Crippen LogP) is -1.92. The van der Waals surface area contributed by atoms with Crippen LogP contribution < -0.4 is 11.2 Å². The van der Waals surface area contributed by atoms with Gasteiger partial charge in [-0.25, -0.2) is 4.84 Å². The monoisotopic (exact) mass is 76.0 g/mol. The second-order valence-electron chi connectivity index (χ2n) is 0.901. The molecule has 0 spiro atoms. The Bertz CT molecular complexity index is 45.6. The van der Waals surface area contributed by atoms with Gasteiger partial charge in [0.05, 0.1) is 0 Å². The quantitative estimate of drug-likeness (QED) is 0.232. The van der Waals surface area contributed by atoms with Gasteiger partial charge in [0.2, 0.25) is 0 Å². The predicted molar refractivity (Wildman–Crippen MR) is 13.4 cm³/mol. The zero-order valence-corrected chi connectivity index (χ0v) is 2.43. The van der Waals surface area contributed by atoms with Gasteiger partial charge in [-0.2, -0.15) is 0 Å². The highest BCUT2D eigenvalue weighted by Crippen LogP contribution is 2.02. The van der Waals surface area contributed by atoms with E-state index in [1.54, 1.807) is 0 Å². The van der Waals surface area contributed by atoms with Crippen molar-refractivity contribution in [2.24, 2.45) is 5.73 Å². The molecule has 0 radical (unpaired) electrons. The summed E-state index contributed by atoms with van der Waals surface area (Å²) >= 11 is 0. The van der Waals surface area contributed by atoms with E-state index >= 15 is 0 Å². The summed E-state index contributed by atoms with van der Waals surface area (Å²) in [5, 5.41) is 8.08. The minimum atomic E-state index is -1.50. The molecule has 5 heavy (non-hydrogen) atoms. The highest BCUT2D eigenvalue weighted by Gasteiger charge is 2.37. The minimum absolute atomic E-state index is 1.50. The van der Waals surface area contributed by atoms with Gasteiger partial charge in [0.15, 0.2) is 0 Å². The van der Waals surface area contributed by atoms with Crippen LogP contribution in [-0.4, -0.2) is 11.1 Å². The molecule has 4 N–H and O–H groups in total. The fraction of sp³-hybridized carbons (Fsp3) is 1.00. The van der Waals surface area contributed by atoms with E-state index in [9.17, 15) is 0 Å². The molecule has 0 aromatic rings. The number of hydroxylamine groups is 1. The fourth-order valence-electron chi connectivity index (χ4n) is 0.0523. The molecular formula is CH4N2O2. The normalized spacial score (nSPS) is 49.2. The number of hydrogen-bond donors (Lipinski definition) is 3. The maximum Gasteiger partial charge on any atom is 0.325 e. The molecule has 0 aromatic carbocycles. The Hall–Kier alpha value is -0.160. The molecule has 0 saturated carbocycles. The van der Waals surface area contributed by atoms with E-state index in [1.165, 1.54) is 0 Å². The van der Waals surface area contributed by atoms with Crippen LogP contribution in [0.1, 0.15) is 0 Å². The third-order valence-electron chi connectivity index (χ3n) is 0.311. The lowest BCUT2D eigenvalue weighted by molar-refractivity contribution is 0.0430. The molecule has 1 rings (SSSR count). The van der Waals surface area contributed by atoms with E-state index in [-0.39, 0.29) is 0 Å². The molecule has 4 nitrogen and oxygen atoms in total. The number of nitrogens with two attached hydrogens (primary N) is 1. The largest absolute Gasteiger partial charge is 0.338 e. The second kappa shape index (κ2) is 0.504. The Balaban J connectivity index is 2.38. The molecule has 4 heteroatoms. The summed E-state index contributed by atoms with van der Waals surface area (Å²) in [6, 6.07) is -1.50. The Morgan fingerprint density at radius 2 is 2.20 bits per heavy atom. The van der Waals surface area contributed by atoms with Crippen molar-refractivity contribution in [2.45, 2.75) is 6.03 Å². The van der Waals surface area contributed by atoms with Crippen LogP contribution in [-0.2, 0) is 4.84 Å². The molecule has 1 heterocycles. The number of hydrogen-bond acceptors (Lipinski definition) is 4. The van der Waals surface area contributed by atoms with E-state index in [2.05, 4.69) is 10.6 Å². The van der Waals surface area contributed by atoms with Gasteiger partial charge < -0.3 is 5.11 Å². The lowest BCUT2D eigenvalue weighted by Gasteiger charge is -1.79. The fourth-order valence-corrected chi connectivity index (χ4v) is 0.0523. The molecule has 1 unspecified atom stereocenters. The van der Waals surface area contributed by atoms with E-state index in [0.717, 1.165) is 0 Å². The molecule has 1 atom stereocenters. The van der Waals surface area contributed by atoms with Crippen molar-refractivity contribution in [1.82, 2.24) is 5.48 Å². The summed E-state index contributed by atoms with van der Waals surface area (Å²) in [6.07, 6.45) is 0. The number of aliphatic hydroxyl groups is 1. The summed E-state index contributed by atoms with van der Waals surface area (Å²) in [4.78, 5) is 3.98. The van der Waals surface area contributed by atoms with Crippen LogP contribution >= 0.6 is 0 Å². The lowest BCUT2D eigenvalue weighted by atomic mass is 11.0. The van der Waals surface area contributed by atoms with Gasteiger partial charge in [-0.15, -0.1) is 5.48 Å². The molecule has 30 valence electrons. The van der Waals surface area contributed by atoms with Crippen LogP contribution in [0.3, 0.4) is 0 Å². The minimum Gasteiger partial charge on any atom is -0.338 e.